The van der Waals surface area contributed by atoms with Gasteiger partial charge in [-0.25, -0.2) is 4.39 Å². The highest BCUT2D eigenvalue weighted by atomic mass is 32.1. The molecule has 0 saturated heterocycles. The lowest BCUT2D eigenvalue weighted by atomic mass is 10.1. The maximum Gasteiger partial charge on any atom is 0.132 e. The molecule has 0 atom stereocenters. The molecule has 1 aromatic carbocycles. The molecule has 4 heteroatoms. The van der Waals surface area contributed by atoms with Crippen molar-refractivity contribution in [1.29, 1.82) is 0 Å². The second kappa shape index (κ2) is 5.78. The highest BCUT2D eigenvalue weighted by Gasteiger charge is 2.16. The molecule has 98 valence electrons. The lowest BCUT2D eigenvalue weighted by Crippen LogP contribution is -2.22. The minimum Gasteiger partial charge on any atom is -0.326 e. The van der Waals surface area contributed by atoms with Gasteiger partial charge in [0.1, 0.15) is 5.82 Å². The molecule has 0 amide bonds. The third-order valence-electron chi connectivity index (χ3n) is 3.31. The van der Waals surface area contributed by atoms with E-state index in [0.29, 0.717) is 6.54 Å². The van der Waals surface area contributed by atoms with Crippen LogP contribution in [0.15, 0.2) is 18.2 Å². The van der Waals surface area contributed by atoms with E-state index in [1.807, 2.05) is 6.07 Å². The van der Waals surface area contributed by atoms with Gasteiger partial charge in [-0.3, -0.25) is 4.90 Å². The van der Waals surface area contributed by atoms with Crippen LogP contribution in [-0.4, -0.2) is 18.0 Å². The monoisotopic (exact) mass is 266 g/mol. The molecule has 2 nitrogen and oxygen atoms in total. The fourth-order valence-electron chi connectivity index (χ4n) is 2.22. The van der Waals surface area contributed by atoms with Crippen LogP contribution >= 0.6 is 11.3 Å². The first-order valence-corrected chi connectivity index (χ1v) is 7.14. The van der Waals surface area contributed by atoms with Crippen molar-refractivity contribution in [2.45, 2.75) is 26.9 Å². The van der Waals surface area contributed by atoms with Crippen LogP contribution < -0.4 is 5.73 Å². The van der Waals surface area contributed by atoms with Gasteiger partial charge in [0, 0.05) is 28.1 Å². The highest BCUT2D eigenvalue weighted by Crippen LogP contribution is 2.33. The first-order valence-electron chi connectivity index (χ1n) is 6.32. The highest BCUT2D eigenvalue weighted by molar-refractivity contribution is 7.19. The number of rotatable bonds is 5. The molecule has 0 fully saturated rings. The molecule has 0 spiro atoms. The lowest BCUT2D eigenvalue weighted by Gasteiger charge is -2.18. The van der Waals surface area contributed by atoms with Gasteiger partial charge in [0.25, 0.3) is 0 Å². The van der Waals surface area contributed by atoms with E-state index in [2.05, 4.69) is 18.7 Å². The maximum absolute atomic E-state index is 14.0. The Hall–Kier alpha value is -0.970. The van der Waals surface area contributed by atoms with E-state index in [9.17, 15) is 4.39 Å². The summed E-state index contributed by atoms with van der Waals surface area (Å²) in [7, 11) is 0. The molecule has 0 radical (unpaired) electrons. The van der Waals surface area contributed by atoms with Crippen LogP contribution in [0.3, 0.4) is 0 Å². The summed E-state index contributed by atoms with van der Waals surface area (Å²) in [6.45, 7) is 7.43. The number of nitrogens with zero attached hydrogens (tertiary/aromatic N) is 1. The van der Waals surface area contributed by atoms with Crippen molar-refractivity contribution in [2.75, 3.05) is 13.1 Å². The number of benzene rings is 1. The summed E-state index contributed by atoms with van der Waals surface area (Å²) in [6.07, 6.45) is 0. The summed E-state index contributed by atoms with van der Waals surface area (Å²) in [5.74, 6) is -0.134. The third kappa shape index (κ3) is 2.41. The summed E-state index contributed by atoms with van der Waals surface area (Å²) < 4.78 is 15.0. The second-order valence-electron chi connectivity index (χ2n) is 4.28. The Morgan fingerprint density at radius 3 is 2.61 bits per heavy atom. The number of thiophene rings is 1. The van der Waals surface area contributed by atoms with Crippen LogP contribution in [0.5, 0.6) is 0 Å². The van der Waals surface area contributed by atoms with Crippen LogP contribution in [-0.2, 0) is 13.1 Å². The molecule has 0 aliphatic rings. The third-order valence-corrected chi connectivity index (χ3v) is 4.53. The summed E-state index contributed by atoms with van der Waals surface area (Å²) >= 11 is 1.61. The topological polar surface area (TPSA) is 29.3 Å². The van der Waals surface area contributed by atoms with E-state index >= 15 is 0 Å². The summed E-state index contributed by atoms with van der Waals surface area (Å²) in [6, 6.07) is 5.25. The van der Waals surface area contributed by atoms with Gasteiger partial charge in [-0.2, -0.15) is 0 Å². The second-order valence-corrected chi connectivity index (χ2v) is 5.42. The van der Waals surface area contributed by atoms with Gasteiger partial charge in [0.2, 0.25) is 0 Å². The largest absolute Gasteiger partial charge is 0.326 e. The molecule has 0 aliphatic heterocycles. The number of hydrogen-bond acceptors (Lipinski definition) is 3. The average molecular weight is 266 g/mol. The fraction of sp³-hybridized carbons (Fsp3) is 0.429. The Bertz CT molecular complexity index is 532. The van der Waals surface area contributed by atoms with Crippen LogP contribution in [0.2, 0.25) is 0 Å². The molecule has 0 aliphatic carbocycles. The summed E-state index contributed by atoms with van der Waals surface area (Å²) in [5, 5.41) is 0.759. The fourth-order valence-corrected chi connectivity index (χ4v) is 3.33. The van der Waals surface area contributed by atoms with E-state index in [0.717, 1.165) is 40.2 Å². The molecule has 2 aromatic rings. The van der Waals surface area contributed by atoms with Crippen molar-refractivity contribution in [1.82, 2.24) is 4.90 Å². The standard InChI is InChI=1S/C14H19FN2S/c1-3-17(4-2)9-10-13(8-16)18-12-7-5-6-11(15)14(10)12/h5-7H,3-4,8-9,16H2,1-2H3. The van der Waals surface area contributed by atoms with E-state index in [-0.39, 0.29) is 5.82 Å². The lowest BCUT2D eigenvalue weighted by molar-refractivity contribution is 0.296. The molecule has 1 aromatic heterocycles. The van der Waals surface area contributed by atoms with E-state index in [1.54, 1.807) is 17.4 Å². The minimum atomic E-state index is -0.134. The van der Waals surface area contributed by atoms with Gasteiger partial charge < -0.3 is 5.73 Å². The smallest absolute Gasteiger partial charge is 0.132 e. The van der Waals surface area contributed by atoms with E-state index in [4.69, 9.17) is 5.73 Å². The first-order chi connectivity index (χ1) is 8.71. The SMILES string of the molecule is CCN(CC)Cc1c(CN)sc2cccc(F)c12. The number of nitrogens with two attached hydrogens (primary N) is 1. The number of halogens is 1. The zero-order valence-electron chi connectivity index (χ0n) is 10.9. The predicted octanol–water partition coefficient (Wildman–Crippen LogP) is 3.34. The Balaban J connectivity index is 2.52. The predicted molar refractivity (Wildman–Crippen MR) is 76.3 cm³/mol. The van der Waals surface area contributed by atoms with E-state index in [1.165, 1.54) is 6.07 Å². The van der Waals surface area contributed by atoms with Crippen LogP contribution in [0, 0.1) is 5.82 Å². The minimum absolute atomic E-state index is 0.134. The van der Waals surface area contributed by atoms with Gasteiger partial charge in [-0.05, 0) is 30.8 Å². The van der Waals surface area contributed by atoms with Crippen molar-refractivity contribution in [3.8, 4) is 0 Å². The molecular weight excluding hydrogens is 247 g/mol. The van der Waals surface area contributed by atoms with Gasteiger partial charge >= 0.3 is 0 Å². The van der Waals surface area contributed by atoms with Gasteiger partial charge in [0.15, 0.2) is 0 Å². The number of hydrogen-bond donors (Lipinski definition) is 1. The van der Waals surface area contributed by atoms with Crippen LogP contribution in [0.25, 0.3) is 10.1 Å². The zero-order chi connectivity index (χ0) is 13.1. The van der Waals surface area contributed by atoms with Gasteiger partial charge in [-0.1, -0.05) is 19.9 Å². The zero-order valence-corrected chi connectivity index (χ0v) is 11.7. The van der Waals surface area contributed by atoms with Gasteiger partial charge in [0.05, 0.1) is 0 Å². The van der Waals surface area contributed by atoms with Crippen molar-refractivity contribution in [3.63, 3.8) is 0 Å². The molecule has 0 saturated carbocycles. The van der Waals surface area contributed by atoms with E-state index < -0.39 is 0 Å². The van der Waals surface area contributed by atoms with Crippen LogP contribution in [0.4, 0.5) is 4.39 Å². The Kier molecular flexibility index (Phi) is 4.32. The number of fused-ring (bicyclic) bond motifs is 1. The quantitative estimate of drug-likeness (QED) is 0.899. The van der Waals surface area contributed by atoms with Gasteiger partial charge in [-0.15, -0.1) is 11.3 Å². The Morgan fingerprint density at radius 2 is 2.00 bits per heavy atom. The first kappa shape index (κ1) is 13.5. The van der Waals surface area contributed by atoms with Crippen molar-refractivity contribution in [2.24, 2.45) is 5.73 Å². The normalized spacial score (nSPS) is 11.6. The Labute approximate surface area is 111 Å². The molecule has 1 heterocycles. The summed E-state index contributed by atoms with van der Waals surface area (Å²) in [4.78, 5) is 3.38. The molecule has 0 unspecified atom stereocenters. The van der Waals surface area contributed by atoms with Crippen molar-refractivity contribution in [3.05, 3.63) is 34.5 Å². The molecule has 18 heavy (non-hydrogen) atoms. The molecule has 0 bridgehead atoms. The van der Waals surface area contributed by atoms with Crippen LogP contribution in [0.1, 0.15) is 24.3 Å². The Morgan fingerprint density at radius 1 is 1.28 bits per heavy atom. The summed E-state index contributed by atoms with van der Waals surface area (Å²) in [5.41, 5.74) is 6.86. The van der Waals surface area contributed by atoms with Crippen molar-refractivity contribution < 1.29 is 4.39 Å². The molecule has 2 rings (SSSR count). The molecule has 2 N–H and O–H groups in total. The van der Waals surface area contributed by atoms with Crippen molar-refractivity contribution >= 4 is 21.4 Å². The maximum atomic E-state index is 14.0. The average Bonchev–Trinajstić information content (AvgIpc) is 2.75. The molecular formula is C14H19FN2S.